The molecular weight excluding hydrogens is 202 g/mol. The molecule has 2 heteroatoms. The predicted octanol–water partition coefficient (Wildman–Crippen LogP) is 3.39. The van der Waals surface area contributed by atoms with E-state index in [1.807, 2.05) is 11.8 Å². The fraction of sp³-hybridized carbons (Fsp3) is 0.538. The van der Waals surface area contributed by atoms with Gasteiger partial charge in [-0.2, -0.15) is 0 Å². The predicted molar refractivity (Wildman–Crippen MR) is 67.4 cm³/mol. The molecule has 0 bridgehead atoms. The van der Waals surface area contributed by atoms with Crippen LogP contribution in [0.2, 0.25) is 0 Å². The molecule has 1 aliphatic carbocycles. The molecular formula is C13H19NS. The first-order valence-electron chi connectivity index (χ1n) is 5.77. The number of thioether (sulfide) groups is 1. The van der Waals surface area contributed by atoms with Gasteiger partial charge in [0.2, 0.25) is 0 Å². The van der Waals surface area contributed by atoms with Crippen molar-refractivity contribution in [1.29, 1.82) is 0 Å². The highest BCUT2D eigenvalue weighted by Gasteiger charge is 2.24. The topological polar surface area (TPSA) is 26.0 Å². The average Bonchev–Trinajstić information content (AvgIpc) is 3.03. The fourth-order valence-electron chi connectivity index (χ4n) is 1.77. The average molecular weight is 221 g/mol. The van der Waals surface area contributed by atoms with Crippen molar-refractivity contribution in [1.82, 2.24) is 0 Å². The molecule has 1 aliphatic rings. The normalized spacial score (nSPS) is 17.7. The molecule has 1 unspecified atom stereocenters. The van der Waals surface area contributed by atoms with E-state index in [1.165, 1.54) is 23.3 Å². The van der Waals surface area contributed by atoms with Crippen LogP contribution in [0, 0.1) is 0 Å². The molecule has 0 aromatic heterocycles. The lowest BCUT2D eigenvalue weighted by molar-refractivity contribution is 0.679. The standard InChI is InChI=1S/C13H19NS/c1-10(8-9-14)12-4-2-3-5-13(12)15-11-6-7-11/h2-5,10-11H,6-9,14H2,1H3. The Kier molecular flexibility index (Phi) is 3.71. The minimum atomic E-state index is 0.595. The summed E-state index contributed by atoms with van der Waals surface area (Å²) in [5.74, 6) is 0.595. The first kappa shape index (κ1) is 11.0. The molecule has 1 aromatic rings. The summed E-state index contributed by atoms with van der Waals surface area (Å²) in [6.07, 6.45) is 3.87. The maximum atomic E-state index is 5.62. The van der Waals surface area contributed by atoms with Gasteiger partial charge < -0.3 is 5.73 Å². The van der Waals surface area contributed by atoms with E-state index in [1.54, 1.807) is 0 Å². The molecule has 0 radical (unpaired) electrons. The number of rotatable bonds is 5. The Hall–Kier alpha value is -0.470. The lowest BCUT2D eigenvalue weighted by Crippen LogP contribution is -2.05. The Bertz CT molecular complexity index is 320. The van der Waals surface area contributed by atoms with Crippen LogP contribution in [0.15, 0.2) is 29.2 Å². The molecule has 1 saturated carbocycles. The highest BCUT2D eigenvalue weighted by Crippen LogP contribution is 2.42. The molecule has 2 rings (SSSR count). The summed E-state index contributed by atoms with van der Waals surface area (Å²) in [6, 6.07) is 8.79. The lowest BCUT2D eigenvalue weighted by Gasteiger charge is -2.15. The van der Waals surface area contributed by atoms with Gasteiger partial charge >= 0.3 is 0 Å². The zero-order chi connectivity index (χ0) is 10.7. The summed E-state index contributed by atoms with van der Waals surface area (Å²) in [7, 11) is 0. The molecule has 1 atom stereocenters. The molecule has 2 N–H and O–H groups in total. The summed E-state index contributed by atoms with van der Waals surface area (Å²) in [4.78, 5) is 1.47. The Morgan fingerprint density at radius 3 is 2.80 bits per heavy atom. The molecule has 0 heterocycles. The van der Waals surface area contributed by atoms with Crippen LogP contribution in [0.1, 0.15) is 37.7 Å². The van der Waals surface area contributed by atoms with E-state index in [-0.39, 0.29) is 0 Å². The third-order valence-electron chi connectivity index (χ3n) is 2.87. The summed E-state index contributed by atoms with van der Waals surface area (Å²) in [5, 5.41) is 0.885. The maximum Gasteiger partial charge on any atom is 0.0110 e. The largest absolute Gasteiger partial charge is 0.330 e. The van der Waals surface area contributed by atoms with Crippen LogP contribution in [0.4, 0.5) is 0 Å². The molecule has 0 spiro atoms. The zero-order valence-corrected chi connectivity index (χ0v) is 10.1. The van der Waals surface area contributed by atoms with Gasteiger partial charge in [-0.1, -0.05) is 25.1 Å². The van der Waals surface area contributed by atoms with Crippen molar-refractivity contribution >= 4 is 11.8 Å². The summed E-state index contributed by atoms with van der Waals surface area (Å²) in [6.45, 7) is 3.06. The Balaban J connectivity index is 2.12. The van der Waals surface area contributed by atoms with E-state index >= 15 is 0 Å². The van der Waals surface area contributed by atoms with Gasteiger partial charge in [0.1, 0.15) is 0 Å². The molecule has 1 fully saturated rings. The monoisotopic (exact) mass is 221 g/mol. The van der Waals surface area contributed by atoms with E-state index in [9.17, 15) is 0 Å². The molecule has 15 heavy (non-hydrogen) atoms. The van der Waals surface area contributed by atoms with Gasteiger partial charge in [0.05, 0.1) is 0 Å². The fourth-order valence-corrected chi connectivity index (χ4v) is 3.06. The van der Waals surface area contributed by atoms with E-state index < -0.39 is 0 Å². The van der Waals surface area contributed by atoms with Crippen molar-refractivity contribution in [3.05, 3.63) is 29.8 Å². The van der Waals surface area contributed by atoms with Gasteiger partial charge in [-0.3, -0.25) is 0 Å². The van der Waals surface area contributed by atoms with Crippen molar-refractivity contribution in [2.24, 2.45) is 5.73 Å². The van der Waals surface area contributed by atoms with E-state index in [2.05, 4.69) is 31.2 Å². The minimum absolute atomic E-state index is 0.595. The molecule has 1 aromatic carbocycles. The van der Waals surface area contributed by atoms with Crippen molar-refractivity contribution < 1.29 is 0 Å². The van der Waals surface area contributed by atoms with E-state index in [0.29, 0.717) is 5.92 Å². The van der Waals surface area contributed by atoms with Crippen molar-refractivity contribution in [2.75, 3.05) is 6.54 Å². The van der Waals surface area contributed by atoms with Gasteiger partial charge in [0.15, 0.2) is 0 Å². The van der Waals surface area contributed by atoms with Gasteiger partial charge in [0.25, 0.3) is 0 Å². The molecule has 0 saturated heterocycles. The maximum absolute atomic E-state index is 5.62. The highest BCUT2D eigenvalue weighted by molar-refractivity contribution is 8.00. The van der Waals surface area contributed by atoms with E-state index in [4.69, 9.17) is 5.73 Å². The van der Waals surface area contributed by atoms with Crippen LogP contribution in [0.3, 0.4) is 0 Å². The smallest absolute Gasteiger partial charge is 0.0110 e. The molecule has 82 valence electrons. The first-order chi connectivity index (χ1) is 7.31. The summed E-state index contributed by atoms with van der Waals surface area (Å²) < 4.78 is 0. The Morgan fingerprint density at radius 2 is 2.13 bits per heavy atom. The molecule has 1 nitrogen and oxygen atoms in total. The minimum Gasteiger partial charge on any atom is -0.330 e. The van der Waals surface area contributed by atoms with Crippen LogP contribution in [-0.4, -0.2) is 11.8 Å². The van der Waals surface area contributed by atoms with Gasteiger partial charge in [-0.25, -0.2) is 0 Å². The third kappa shape index (κ3) is 2.99. The number of hydrogen-bond donors (Lipinski definition) is 1. The Labute approximate surface area is 96.4 Å². The highest BCUT2D eigenvalue weighted by atomic mass is 32.2. The van der Waals surface area contributed by atoms with Crippen LogP contribution >= 0.6 is 11.8 Å². The van der Waals surface area contributed by atoms with Crippen molar-refractivity contribution in [3.8, 4) is 0 Å². The lowest BCUT2D eigenvalue weighted by atomic mass is 9.98. The summed E-state index contributed by atoms with van der Waals surface area (Å²) >= 11 is 2.05. The van der Waals surface area contributed by atoms with Crippen LogP contribution in [0.25, 0.3) is 0 Å². The number of nitrogens with two attached hydrogens (primary N) is 1. The van der Waals surface area contributed by atoms with Gasteiger partial charge in [-0.15, -0.1) is 11.8 Å². The number of benzene rings is 1. The SMILES string of the molecule is CC(CCN)c1ccccc1SC1CC1. The third-order valence-corrected chi connectivity index (χ3v) is 4.30. The second-order valence-electron chi connectivity index (χ2n) is 4.33. The van der Waals surface area contributed by atoms with Crippen molar-refractivity contribution in [3.63, 3.8) is 0 Å². The number of hydrogen-bond acceptors (Lipinski definition) is 2. The second kappa shape index (κ2) is 5.04. The van der Waals surface area contributed by atoms with Gasteiger partial charge in [0, 0.05) is 10.1 Å². The van der Waals surface area contributed by atoms with Crippen LogP contribution < -0.4 is 5.73 Å². The first-order valence-corrected chi connectivity index (χ1v) is 6.65. The zero-order valence-electron chi connectivity index (χ0n) is 9.28. The molecule has 0 amide bonds. The quantitative estimate of drug-likeness (QED) is 0.824. The second-order valence-corrected chi connectivity index (χ2v) is 5.68. The summed E-state index contributed by atoms with van der Waals surface area (Å²) in [5.41, 5.74) is 7.11. The van der Waals surface area contributed by atoms with Gasteiger partial charge in [-0.05, 0) is 43.4 Å². The van der Waals surface area contributed by atoms with E-state index in [0.717, 1.165) is 18.2 Å². The molecule has 0 aliphatic heterocycles. The van der Waals surface area contributed by atoms with Crippen molar-refractivity contribution in [2.45, 2.75) is 42.2 Å². The van der Waals surface area contributed by atoms with Crippen LogP contribution in [0.5, 0.6) is 0 Å². The Morgan fingerprint density at radius 1 is 1.40 bits per heavy atom. The van der Waals surface area contributed by atoms with Crippen LogP contribution in [-0.2, 0) is 0 Å².